The van der Waals surface area contributed by atoms with Crippen LogP contribution >= 0.6 is 0 Å². The maximum absolute atomic E-state index is 12.5. The maximum atomic E-state index is 12.5. The van der Waals surface area contributed by atoms with Gasteiger partial charge < -0.3 is 20.5 Å². The fourth-order valence-electron chi connectivity index (χ4n) is 3.89. The highest BCUT2D eigenvalue weighted by atomic mass is 16.5. The molecule has 5 rings (SSSR count). The van der Waals surface area contributed by atoms with E-state index in [-0.39, 0.29) is 5.75 Å². The van der Waals surface area contributed by atoms with Gasteiger partial charge in [0.2, 0.25) is 6.23 Å². The number of nitrogens with two attached hydrogens (primary N) is 1. The number of ether oxygens (including phenoxy) is 1. The minimum Gasteiger partial charge on any atom is -0.507 e. The van der Waals surface area contributed by atoms with E-state index >= 15 is 0 Å². The van der Waals surface area contributed by atoms with E-state index in [1.54, 1.807) is 41.0 Å². The van der Waals surface area contributed by atoms with E-state index in [1.807, 2.05) is 62.4 Å². The summed E-state index contributed by atoms with van der Waals surface area (Å²) in [7, 11) is 1.94. The number of rotatable bonds is 8. The summed E-state index contributed by atoms with van der Waals surface area (Å²) < 4.78 is 7.23. The van der Waals surface area contributed by atoms with Crippen molar-refractivity contribution in [1.29, 1.82) is 0 Å². The number of phenolic OH excluding ortho intramolecular Hbond substituents is 1. The molecule has 2 aromatic heterocycles. The minimum atomic E-state index is -1.15. The van der Waals surface area contributed by atoms with Crippen molar-refractivity contribution in [2.24, 2.45) is 5.73 Å². The molecule has 1 unspecified atom stereocenters. The Balaban J connectivity index is 1.32. The van der Waals surface area contributed by atoms with Gasteiger partial charge in [0.25, 0.3) is 5.91 Å². The smallest absolute Gasteiger partial charge is 0.280 e. The van der Waals surface area contributed by atoms with Crippen LogP contribution in [0.2, 0.25) is 0 Å². The quantitative estimate of drug-likeness (QED) is 0.193. The van der Waals surface area contributed by atoms with Gasteiger partial charge in [0.1, 0.15) is 25.2 Å². The van der Waals surface area contributed by atoms with Gasteiger partial charge >= 0.3 is 0 Å². The lowest BCUT2D eigenvalue weighted by Crippen LogP contribution is -2.40. The number of amides is 1. The lowest BCUT2D eigenvalue weighted by Gasteiger charge is -2.15. The number of para-hydroxylation sites is 2. The number of hydrogen-bond acceptors (Lipinski definition) is 7. The van der Waals surface area contributed by atoms with Crippen LogP contribution in [0.3, 0.4) is 0 Å². The number of aromatic hydroxyl groups is 1. The van der Waals surface area contributed by atoms with Crippen molar-refractivity contribution in [3.05, 3.63) is 96.7 Å². The van der Waals surface area contributed by atoms with E-state index in [0.29, 0.717) is 40.7 Å². The molecule has 0 aliphatic rings. The summed E-state index contributed by atoms with van der Waals surface area (Å²) in [6.45, 7) is 0.453. The van der Waals surface area contributed by atoms with Crippen LogP contribution in [0.25, 0.3) is 16.9 Å². The molecule has 0 saturated carbocycles. The van der Waals surface area contributed by atoms with Gasteiger partial charge in [-0.15, -0.1) is 0 Å². The molecule has 5 N–H and O–H groups in total. The number of fused-ring (bicyclic) bond motifs is 1. The molecule has 0 bridgehead atoms. The average Bonchev–Trinajstić information content (AvgIpc) is 3.29. The van der Waals surface area contributed by atoms with Crippen molar-refractivity contribution in [3.8, 4) is 22.8 Å². The minimum absolute atomic E-state index is 0.153. The third kappa shape index (κ3) is 5.39. The molecule has 0 aliphatic carbocycles. The maximum Gasteiger partial charge on any atom is 0.280 e. The summed E-state index contributed by atoms with van der Waals surface area (Å²) in [6.07, 6.45) is 0.601. The molecular weight excluding hydrogens is 467 g/mol. The second-order valence-corrected chi connectivity index (χ2v) is 8.50. The molecule has 37 heavy (non-hydrogen) atoms. The highest BCUT2D eigenvalue weighted by Gasteiger charge is 2.16. The number of hydrogen-bond donors (Lipinski definition) is 4. The first kappa shape index (κ1) is 23.9. The summed E-state index contributed by atoms with van der Waals surface area (Å²) >= 11 is 0. The van der Waals surface area contributed by atoms with Gasteiger partial charge in [-0.05, 0) is 47.4 Å². The number of carbonyl (C=O) groups is 1. The van der Waals surface area contributed by atoms with Gasteiger partial charge in [0.05, 0.1) is 5.69 Å². The molecule has 3 aromatic carbocycles. The van der Waals surface area contributed by atoms with Crippen LogP contribution in [0.1, 0.15) is 5.56 Å². The summed E-state index contributed by atoms with van der Waals surface area (Å²) in [5, 5.41) is 21.0. The number of nitrogens with one attached hydrogen (secondary N) is 2. The summed E-state index contributed by atoms with van der Waals surface area (Å²) in [5.41, 5.74) is 10.3. The Labute approximate surface area is 214 Å². The Hall–Kier alpha value is -4.83. The molecule has 0 spiro atoms. The summed E-state index contributed by atoms with van der Waals surface area (Å²) in [4.78, 5) is 17.2. The second kappa shape index (κ2) is 10.4. The highest BCUT2D eigenvalue weighted by Crippen LogP contribution is 2.29. The first-order chi connectivity index (χ1) is 18.0. The third-order valence-electron chi connectivity index (χ3n) is 5.76. The molecule has 184 valence electrons. The first-order valence-electron chi connectivity index (χ1n) is 11.7. The fraction of sp³-hybridized carbons (Fsp3) is 0.0741. The largest absolute Gasteiger partial charge is 0.507 e. The SMILES string of the molecule is Bc1cnn2c(NCc3cccc(NC(=O)C(N)Oc4ccccc4)c3)cc(-c3ccccc3O)nc12. The third-order valence-corrected chi connectivity index (χ3v) is 5.76. The Morgan fingerprint density at radius 1 is 1.05 bits per heavy atom. The molecule has 0 fully saturated rings. The predicted molar refractivity (Wildman–Crippen MR) is 146 cm³/mol. The standard InChI is InChI=1S/C27H25BN6O3/c28-21-16-31-34-24(14-22(33-26(21)34)20-11-4-5-12-23(20)35)30-15-17-7-6-8-18(13-17)32-27(36)25(29)37-19-9-2-1-3-10-19/h1-14,16,25,30,35H,15,28-29H2,(H,32,36). The van der Waals surface area contributed by atoms with Gasteiger partial charge in [-0.25, -0.2) is 4.98 Å². The van der Waals surface area contributed by atoms with Crippen molar-refractivity contribution in [2.75, 3.05) is 10.6 Å². The van der Waals surface area contributed by atoms with Crippen LogP contribution in [0, 0.1) is 0 Å². The van der Waals surface area contributed by atoms with Crippen molar-refractivity contribution >= 4 is 36.4 Å². The van der Waals surface area contributed by atoms with Crippen LogP contribution in [-0.4, -0.2) is 39.7 Å². The van der Waals surface area contributed by atoms with Crippen molar-refractivity contribution in [3.63, 3.8) is 0 Å². The van der Waals surface area contributed by atoms with Crippen LogP contribution in [0.15, 0.2) is 91.1 Å². The summed E-state index contributed by atoms with van der Waals surface area (Å²) in [5.74, 6) is 0.928. The zero-order valence-corrected chi connectivity index (χ0v) is 20.1. The van der Waals surface area contributed by atoms with Gasteiger partial charge in [0.15, 0.2) is 5.65 Å². The number of phenols is 1. The molecular formula is C27H25BN6O3. The predicted octanol–water partition coefficient (Wildman–Crippen LogP) is 2.27. The van der Waals surface area contributed by atoms with E-state index in [0.717, 1.165) is 11.0 Å². The number of nitrogens with zero attached hydrogens (tertiary/aromatic N) is 3. The Kier molecular flexibility index (Phi) is 6.73. The van der Waals surface area contributed by atoms with E-state index in [1.165, 1.54) is 0 Å². The van der Waals surface area contributed by atoms with E-state index in [2.05, 4.69) is 15.7 Å². The van der Waals surface area contributed by atoms with E-state index in [9.17, 15) is 9.90 Å². The van der Waals surface area contributed by atoms with Gasteiger partial charge in [0, 0.05) is 30.1 Å². The zero-order valence-electron chi connectivity index (χ0n) is 20.1. The molecule has 2 heterocycles. The van der Waals surface area contributed by atoms with Crippen LogP contribution in [-0.2, 0) is 11.3 Å². The molecule has 0 saturated heterocycles. The van der Waals surface area contributed by atoms with Gasteiger partial charge in [-0.2, -0.15) is 9.61 Å². The van der Waals surface area contributed by atoms with Gasteiger partial charge in [-0.1, -0.05) is 42.5 Å². The molecule has 0 radical (unpaired) electrons. The Bertz CT molecular complexity index is 1560. The van der Waals surface area contributed by atoms with E-state index in [4.69, 9.17) is 15.5 Å². The zero-order chi connectivity index (χ0) is 25.8. The normalized spacial score (nSPS) is 11.7. The van der Waals surface area contributed by atoms with Gasteiger partial charge in [-0.3, -0.25) is 10.5 Å². The lowest BCUT2D eigenvalue weighted by atomic mass is 10.0. The first-order valence-corrected chi connectivity index (χ1v) is 11.7. The lowest BCUT2D eigenvalue weighted by molar-refractivity contribution is -0.122. The molecule has 0 aliphatic heterocycles. The number of benzene rings is 3. The monoisotopic (exact) mass is 492 g/mol. The van der Waals surface area contributed by atoms with Crippen molar-refractivity contribution < 1.29 is 14.6 Å². The average molecular weight is 492 g/mol. The molecule has 1 atom stereocenters. The number of aromatic nitrogens is 3. The van der Waals surface area contributed by atoms with Crippen molar-refractivity contribution in [2.45, 2.75) is 12.8 Å². The van der Waals surface area contributed by atoms with Crippen LogP contribution in [0.4, 0.5) is 11.5 Å². The van der Waals surface area contributed by atoms with Crippen molar-refractivity contribution in [1.82, 2.24) is 14.6 Å². The van der Waals surface area contributed by atoms with Crippen LogP contribution < -0.4 is 26.6 Å². The van der Waals surface area contributed by atoms with Crippen LogP contribution in [0.5, 0.6) is 11.5 Å². The number of anilines is 2. The number of carbonyl (C=O) groups excluding carboxylic acids is 1. The fourth-order valence-corrected chi connectivity index (χ4v) is 3.89. The second-order valence-electron chi connectivity index (χ2n) is 8.50. The summed E-state index contributed by atoms with van der Waals surface area (Å²) in [6, 6.07) is 25.3. The van der Waals surface area contributed by atoms with E-state index < -0.39 is 12.1 Å². The molecule has 1 amide bonds. The molecule has 10 heteroatoms. The Morgan fingerprint density at radius 3 is 2.65 bits per heavy atom. The molecule has 5 aromatic rings. The Morgan fingerprint density at radius 2 is 1.84 bits per heavy atom. The highest BCUT2D eigenvalue weighted by molar-refractivity contribution is 6.36. The topological polar surface area (TPSA) is 127 Å². The molecule has 9 nitrogen and oxygen atoms in total.